The Kier molecular flexibility index (Phi) is 7.84. The van der Waals surface area contributed by atoms with Crippen molar-refractivity contribution in [2.75, 3.05) is 13.2 Å². The van der Waals surface area contributed by atoms with Gasteiger partial charge >= 0.3 is 0 Å². The summed E-state index contributed by atoms with van der Waals surface area (Å²) in [6, 6.07) is 2.56. The lowest BCUT2D eigenvalue weighted by Gasteiger charge is -1.96. The lowest BCUT2D eigenvalue weighted by Crippen LogP contribution is -1.96. The molecule has 0 atom stereocenters. The Balaban J connectivity index is 2.66. The van der Waals surface area contributed by atoms with Crippen molar-refractivity contribution in [2.24, 2.45) is 0 Å². The molecule has 0 aliphatic heterocycles. The summed E-state index contributed by atoms with van der Waals surface area (Å²) in [5.41, 5.74) is 0. The summed E-state index contributed by atoms with van der Waals surface area (Å²) < 4.78 is 5.18. The number of ether oxygens (including phenoxy) is 1. The van der Waals surface area contributed by atoms with Crippen LogP contribution in [0.5, 0.6) is 0 Å². The van der Waals surface area contributed by atoms with Crippen LogP contribution in [-0.2, 0) is 4.74 Å². The van der Waals surface area contributed by atoms with Gasteiger partial charge in [0.2, 0.25) is 0 Å². The van der Waals surface area contributed by atoms with E-state index < -0.39 is 0 Å². The van der Waals surface area contributed by atoms with E-state index in [1.165, 1.54) is 12.1 Å². The third-order valence-electron chi connectivity index (χ3n) is 1.15. The quantitative estimate of drug-likeness (QED) is 0.309. The van der Waals surface area contributed by atoms with Gasteiger partial charge in [-0.1, -0.05) is 6.08 Å². The molecule has 0 saturated heterocycles. The maximum absolute atomic E-state index is 5.18. The molecule has 0 aliphatic carbocycles. The Labute approximate surface area is 59.9 Å². The summed E-state index contributed by atoms with van der Waals surface area (Å²) in [7, 11) is 0.148. The van der Waals surface area contributed by atoms with E-state index in [9.17, 15) is 0 Å². The fourth-order valence-electron chi connectivity index (χ4n) is 0.637. The summed E-state index contributed by atoms with van der Waals surface area (Å²) in [5.74, 6) is 0. The van der Waals surface area contributed by atoms with E-state index in [0.29, 0.717) is 0 Å². The molecule has 0 aromatic carbocycles. The maximum atomic E-state index is 5.18. The van der Waals surface area contributed by atoms with Crippen molar-refractivity contribution in [1.29, 1.82) is 0 Å². The molecule has 1 nitrogen and oxygen atoms in total. The Hall–Kier alpha value is -0.0831. The van der Waals surface area contributed by atoms with Gasteiger partial charge in [0.25, 0.3) is 0 Å². The first-order valence-electron chi connectivity index (χ1n) is 3.60. The van der Waals surface area contributed by atoms with Gasteiger partial charge in [0.15, 0.2) is 0 Å². The second-order valence-electron chi connectivity index (χ2n) is 1.98. The predicted octanol–water partition coefficient (Wildman–Crippen LogP) is 1.21. The van der Waals surface area contributed by atoms with Crippen LogP contribution in [0.3, 0.4) is 0 Å². The molecule has 0 amide bonds. The second-order valence-corrected chi connectivity index (χ2v) is 3.97. The monoisotopic (exact) mass is 144 g/mol. The molecule has 0 aromatic heterocycles. The van der Waals surface area contributed by atoms with Crippen LogP contribution in [0.15, 0.2) is 12.7 Å². The van der Waals surface area contributed by atoms with Crippen molar-refractivity contribution in [3.05, 3.63) is 12.7 Å². The van der Waals surface area contributed by atoms with Crippen LogP contribution in [0.25, 0.3) is 0 Å². The highest BCUT2D eigenvalue weighted by Crippen LogP contribution is 1.86. The smallest absolute Gasteiger partial charge is 0.0437 e. The van der Waals surface area contributed by atoms with Crippen molar-refractivity contribution in [3.63, 3.8) is 0 Å². The van der Waals surface area contributed by atoms with E-state index in [-0.39, 0.29) is 9.52 Å². The maximum Gasteiger partial charge on any atom is 0.0437 e. The van der Waals surface area contributed by atoms with Crippen LogP contribution in [0.2, 0.25) is 12.1 Å². The lowest BCUT2D eigenvalue weighted by atomic mass is 10.8. The molecule has 0 heterocycles. The standard InChI is InChI=1S/C7H16OSi/c1-3-6-9-7-5-8-4-2/h3H,1,4-7,9H2,2H3. The Morgan fingerprint density at radius 3 is 3.00 bits per heavy atom. The second kappa shape index (κ2) is 7.92. The minimum atomic E-state index is 0.148. The molecule has 0 bridgehead atoms. The molecule has 0 fully saturated rings. The van der Waals surface area contributed by atoms with Gasteiger partial charge in [-0.2, -0.15) is 0 Å². The van der Waals surface area contributed by atoms with E-state index in [4.69, 9.17) is 4.74 Å². The van der Waals surface area contributed by atoms with Gasteiger partial charge in [-0.3, -0.25) is 0 Å². The van der Waals surface area contributed by atoms with Crippen LogP contribution in [-0.4, -0.2) is 22.7 Å². The van der Waals surface area contributed by atoms with Gasteiger partial charge in [-0.25, -0.2) is 0 Å². The Morgan fingerprint density at radius 2 is 2.44 bits per heavy atom. The minimum absolute atomic E-state index is 0.148. The number of hydrogen-bond acceptors (Lipinski definition) is 1. The lowest BCUT2D eigenvalue weighted by molar-refractivity contribution is 0.162. The van der Waals surface area contributed by atoms with E-state index in [0.717, 1.165) is 13.2 Å². The normalized spacial score (nSPS) is 10.8. The zero-order chi connectivity index (χ0) is 6.95. The Bertz CT molecular complexity index is 63.9. The van der Waals surface area contributed by atoms with Crippen molar-refractivity contribution < 1.29 is 4.74 Å². The number of hydrogen-bond donors (Lipinski definition) is 0. The first kappa shape index (κ1) is 8.92. The van der Waals surface area contributed by atoms with Crippen LogP contribution in [0.1, 0.15) is 6.92 Å². The first-order valence-corrected chi connectivity index (χ1v) is 5.60. The SMILES string of the molecule is C=CC[SiH2]CCOCC. The van der Waals surface area contributed by atoms with E-state index >= 15 is 0 Å². The highest BCUT2D eigenvalue weighted by Gasteiger charge is 1.84. The topological polar surface area (TPSA) is 9.23 Å². The summed E-state index contributed by atoms with van der Waals surface area (Å²) in [6.07, 6.45) is 2.01. The number of rotatable bonds is 6. The van der Waals surface area contributed by atoms with Crippen molar-refractivity contribution in [1.82, 2.24) is 0 Å². The fourth-order valence-corrected chi connectivity index (χ4v) is 1.62. The summed E-state index contributed by atoms with van der Waals surface area (Å²) in [5, 5.41) is 0. The van der Waals surface area contributed by atoms with Crippen LogP contribution in [0.4, 0.5) is 0 Å². The molecule has 0 aliphatic rings. The largest absolute Gasteiger partial charge is 0.382 e. The zero-order valence-electron chi connectivity index (χ0n) is 6.23. The van der Waals surface area contributed by atoms with E-state index in [1.54, 1.807) is 0 Å². The molecule has 0 radical (unpaired) electrons. The molecule has 0 unspecified atom stereocenters. The molecule has 0 spiro atoms. The van der Waals surface area contributed by atoms with Gasteiger partial charge < -0.3 is 4.74 Å². The molecule has 0 N–H and O–H groups in total. The van der Waals surface area contributed by atoms with E-state index in [1.807, 2.05) is 13.0 Å². The van der Waals surface area contributed by atoms with E-state index in [2.05, 4.69) is 6.58 Å². The molecule has 54 valence electrons. The van der Waals surface area contributed by atoms with Crippen molar-refractivity contribution >= 4 is 9.52 Å². The van der Waals surface area contributed by atoms with Crippen LogP contribution < -0.4 is 0 Å². The zero-order valence-corrected chi connectivity index (χ0v) is 7.64. The van der Waals surface area contributed by atoms with Gasteiger partial charge in [-0.15, -0.1) is 6.58 Å². The van der Waals surface area contributed by atoms with Gasteiger partial charge in [0, 0.05) is 22.7 Å². The summed E-state index contributed by atoms with van der Waals surface area (Å²) in [4.78, 5) is 0. The number of allylic oxidation sites excluding steroid dienone is 1. The minimum Gasteiger partial charge on any atom is -0.382 e. The highest BCUT2D eigenvalue weighted by atomic mass is 28.2. The summed E-state index contributed by atoms with van der Waals surface area (Å²) >= 11 is 0. The van der Waals surface area contributed by atoms with Crippen molar-refractivity contribution in [3.8, 4) is 0 Å². The molecular weight excluding hydrogens is 128 g/mol. The molecule has 0 saturated carbocycles. The highest BCUT2D eigenvalue weighted by molar-refractivity contribution is 6.36. The third-order valence-corrected chi connectivity index (χ3v) is 2.76. The first-order chi connectivity index (χ1) is 4.41. The van der Waals surface area contributed by atoms with Gasteiger partial charge in [-0.05, 0) is 19.0 Å². The third kappa shape index (κ3) is 7.92. The average Bonchev–Trinajstić information content (AvgIpc) is 1.89. The molecule has 2 heteroatoms. The molecule has 0 aromatic rings. The molecule has 9 heavy (non-hydrogen) atoms. The van der Waals surface area contributed by atoms with Crippen LogP contribution in [0, 0.1) is 0 Å². The van der Waals surface area contributed by atoms with Crippen molar-refractivity contribution in [2.45, 2.75) is 19.0 Å². The van der Waals surface area contributed by atoms with Gasteiger partial charge in [0.1, 0.15) is 0 Å². The molecule has 0 rings (SSSR count). The molecular formula is C7H16OSi. The Morgan fingerprint density at radius 1 is 1.67 bits per heavy atom. The fraction of sp³-hybridized carbons (Fsp3) is 0.714. The summed E-state index contributed by atoms with van der Waals surface area (Å²) in [6.45, 7) is 7.54. The average molecular weight is 144 g/mol. The predicted molar refractivity (Wildman–Crippen MR) is 44.8 cm³/mol. The van der Waals surface area contributed by atoms with Gasteiger partial charge in [0.05, 0.1) is 0 Å². The van der Waals surface area contributed by atoms with Crippen LogP contribution >= 0.6 is 0 Å².